The Bertz CT molecular complexity index is 2340. The van der Waals surface area contributed by atoms with Crippen LogP contribution in [0.1, 0.15) is 103 Å². The molecule has 6 aromatic carbocycles. The van der Waals surface area contributed by atoms with Gasteiger partial charge in [-0.3, -0.25) is 0 Å². The predicted octanol–water partition coefficient (Wildman–Crippen LogP) is 15.1. The van der Waals surface area contributed by atoms with Gasteiger partial charge in [0, 0.05) is 50.6 Å². The highest BCUT2D eigenvalue weighted by Gasteiger charge is 2.44. The Hall–Kier alpha value is -5.22. The number of para-hydroxylation sites is 6. The zero-order valence-corrected chi connectivity index (χ0v) is 37.9. The quantitative estimate of drug-likeness (QED) is 0.164. The van der Waals surface area contributed by atoms with Crippen LogP contribution < -0.4 is 31.9 Å². The van der Waals surface area contributed by atoms with E-state index in [4.69, 9.17) is 31.9 Å². The van der Waals surface area contributed by atoms with Gasteiger partial charge in [0.15, 0.2) is 23.0 Å². The molecule has 2 bridgehead atoms. The highest BCUT2D eigenvalue weighted by molar-refractivity contribution is 7.43. The molecule has 9 heteroatoms. The maximum atomic E-state index is 7.01. The average molecular weight is 841 g/mol. The van der Waals surface area contributed by atoms with Crippen LogP contribution in [-0.4, -0.2) is 0 Å². The fourth-order valence-electron chi connectivity index (χ4n) is 7.81. The maximum Gasteiger partial charge on any atom is 0.530 e. The molecule has 310 valence electrons. The number of benzene rings is 6. The second-order valence-electron chi connectivity index (χ2n) is 18.5. The summed E-state index contributed by atoms with van der Waals surface area (Å²) in [4.78, 5) is 0. The van der Waals surface area contributed by atoms with Gasteiger partial charge in [-0.15, -0.1) is 0 Å². The van der Waals surface area contributed by atoms with Gasteiger partial charge in [0.2, 0.25) is 0 Å². The SMILES string of the molecule is CC(C)(C)c1ccccc1OP1Oc2ccccc2C(C)(C)C(C)(C)c2ccccc2OP(Oc2ccccc2C(C)(C)C)Oc2cccc3c2Oc2c(cccc2O1)C3. The van der Waals surface area contributed by atoms with Crippen molar-refractivity contribution in [3.05, 3.63) is 167 Å². The van der Waals surface area contributed by atoms with Crippen LogP contribution in [0.15, 0.2) is 133 Å². The Morgan fingerprint density at radius 3 is 1.20 bits per heavy atom. The molecule has 0 aliphatic carbocycles. The van der Waals surface area contributed by atoms with Gasteiger partial charge in [0.1, 0.15) is 23.0 Å². The zero-order valence-electron chi connectivity index (χ0n) is 36.2. The lowest BCUT2D eigenvalue weighted by Gasteiger charge is -2.44. The highest BCUT2D eigenvalue weighted by Crippen LogP contribution is 2.57. The van der Waals surface area contributed by atoms with E-state index in [9.17, 15) is 0 Å². The van der Waals surface area contributed by atoms with Crippen LogP contribution in [0.5, 0.6) is 46.0 Å². The van der Waals surface area contributed by atoms with Crippen molar-refractivity contribution < 1.29 is 31.9 Å². The summed E-state index contributed by atoms with van der Waals surface area (Å²) >= 11 is 0. The first-order valence-corrected chi connectivity index (χ1v) is 22.7. The van der Waals surface area contributed by atoms with E-state index in [1.807, 2.05) is 97.1 Å². The van der Waals surface area contributed by atoms with Gasteiger partial charge in [0.05, 0.1) is 0 Å². The first-order chi connectivity index (χ1) is 28.5. The van der Waals surface area contributed by atoms with Crippen molar-refractivity contribution in [2.24, 2.45) is 0 Å². The Labute approximate surface area is 357 Å². The van der Waals surface area contributed by atoms with E-state index in [1.54, 1.807) is 0 Å². The topological polar surface area (TPSA) is 64.6 Å². The minimum Gasteiger partial charge on any atom is -0.449 e. The van der Waals surface area contributed by atoms with Crippen molar-refractivity contribution in [3.63, 3.8) is 0 Å². The molecule has 8 rings (SSSR count). The van der Waals surface area contributed by atoms with Crippen LogP contribution in [0, 0.1) is 0 Å². The van der Waals surface area contributed by atoms with Gasteiger partial charge in [0.25, 0.3) is 0 Å². The second-order valence-corrected chi connectivity index (χ2v) is 20.5. The molecule has 60 heavy (non-hydrogen) atoms. The van der Waals surface area contributed by atoms with Gasteiger partial charge in [-0.05, 0) is 47.2 Å². The number of ether oxygens (including phenoxy) is 1. The van der Waals surface area contributed by atoms with E-state index in [0.29, 0.717) is 52.4 Å². The molecule has 0 fully saturated rings. The summed E-state index contributed by atoms with van der Waals surface area (Å²) in [6.45, 7) is 22.0. The van der Waals surface area contributed by atoms with Crippen molar-refractivity contribution in [1.29, 1.82) is 0 Å². The second kappa shape index (κ2) is 16.0. The predicted molar refractivity (Wildman–Crippen MR) is 243 cm³/mol. The molecule has 0 amide bonds. The van der Waals surface area contributed by atoms with Crippen molar-refractivity contribution in [1.82, 2.24) is 0 Å². The molecule has 0 saturated heterocycles. The van der Waals surface area contributed by atoms with Crippen LogP contribution in [0.25, 0.3) is 0 Å². The van der Waals surface area contributed by atoms with E-state index in [2.05, 4.69) is 106 Å². The van der Waals surface area contributed by atoms with Crippen molar-refractivity contribution >= 4 is 17.2 Å². The minimum atomic E-state index is -2.10. The van der Waals surface area contributed by atoms with Gasteiger partial charge in [-0.2, -0.15) is 0 Å². The molecular weight excluding hydrogens is 787 g/mol. The fraction of sp³-hybridized carbons (Fsp3) is 0.294. The molecule has 2 aliphatic heterocycles. The summed E-state index contributed by atoms with van der Waals surface area (Å²) in [5, 5.41) is 0. The Balaban J connectivity index is 1.31. The monoisotopic (exact) mass is 840 g/mol. The molecule has 0 radical (unpaired) electrons. The molecule has 0 saturated carbocycles. The number of hydrogen-bond donors (Lipinski definition) is 0. The van der Waals surface area contributed by atoms with Crippen molar-refractivity contribution in [2.45, 2.75) is 97.3 Å². The van der Waals surface area contributed by atoms with Crippen LogP contribution in [0.2, 0.25) is 0 Å². The first-order valence-electron chi connectivity index (χ1n) is 20.5. The lowest BCUT2D eigenvalue weighted by molar-refractivity contribution is 0.286. The van der Waals surface area contributed by atoms with E-state index >= 15 is 0 Å². The Kier molecular flexibility index (Phi) is 11.1. The largest absolute Gasteiger partial charge is 0.530 e. The standard InChI is InChI=1S/C51H54O7P2/c1-48(2,3)36-23-11-15-27-40(36)53-59-55-42-29-17-13-25-38(42)50(7,8)51(9,10)39-26-14-18-30-43(39)56-60(54-41-28-16-12-24-37(41)49(4,5)6)58-45-32-20-22-35-33-34-21-19-31-44(57-59)46(34)52-47(35)45/h11-32H,33H2,1-10H3. The minimum absolute atomic E-state index is 0.198. The molecule has 2 heterocycles. The van der Waals surface area contributed by atoms with Gasteiger partial charge in [-0.25, -0.2) is 0 Å². The normalized spacial score (nSPS) is 18.0. The summed E-state index contributed by atoms with van der Waals surface area (Å²) in [5.41, 5.74) is 4.50. The van der Waals surface area contributed by atoms with Crippen LogP contribution in [0.3, 0.4) is 0 Å². The molecular formula is C51H54O7P2. The third-order valence-corrected chi connectivity index (χ3v) is 13.9. The number of hydrogen-bond acceptors (Lipinski definition) is 7. The number of rotatable bonds is 4. The molecule has 2 aliphatic rings. The van der Waals surface area contributed by atoms with Gasteiger partial charge >= 0.3 is 17.2 Å². The van der Waals surface area contributed by atoms with Gasteiger partial charge in [-0.1, -0.05) is 166 Å². The summed E-state index contributed by atoms with van der Waals surface area (Å²) < 4.78 is 48.4. The number of fused-ring (bicyclic) bond motifs is 2. The third-order valence-electron chi connectivity index (χ3n) is 11.8. The zero-order chi connectivity index (χ0) is 42.5. The molecule has 0 spiro atoms. The van der Waals surface area contributed by atoms with E-state index in [0.717, 1.165) is 33.4 Å². The summed E-state index contributed by atoms with van der Waals surface area (Å²) in [5.74, 6) is 4.82. The first kappa shape index (κ1) is 41.5. The fourth-order valence-corrected chi connectivity index (χ4v) is 9.92. The molecule has 6 aromatic rings. The maximum absolute atomic E-state index is 7.01. The average Bonchev–Trinajstić information content (AvgIpc) is 3.20. The smallest absolute Gasteiger partial charge is 0.449 e. The van der Waals surface area contributed by atoms with E-state index in [-0.39, 0.29) is 10.8 Å². The van der Waals surface area contributed by atoms with Crippen molar-refractivity contribution in [3.8, 4) is 46.0 Å². The lowest BCUT2D eigenvalue weighted by Crippen LogP contribution is -2.40. The highest BCUT2D eigenvalue weighted by atomic mass is 31.2. The van der Waals surface area contributed by atoms with Gasteiger partial charge < -0.3 is 31.9 Å². The van der Waals surface area contributed by atoms with Crippen molar-refractivity contribution in [2.75, 3.05) is 0 Å². The molecule has 0 N–H and O–H groups in total. The Morgan fingerprint density at radius 2 is 0.783 bits per heavy atom. The lowest BCUT2D eigenvalue weighted by atomic mass is 9.60. The van der Waals surface area contributed by atoms with E-state index < -0.39 is 28.0 Å². The van der Waals surface area contributed by atoms with Crippen LogP contribution >= 0.6 is 17.2 Å². The molecule has 2 unspecified atom stereocenters. The van der Waals surface area contributed by atoms with Crippen LogP contribution in [0.4, 0.5) is 0 Å². The molecule has 7 nitrogen and oxygen atoms in total. The Morgan fingerprint density at radius 1 is 0.433 bits per heavy atom. The molecule has 2 atom stereocenters. The third kappa shape index (κ3) is 8.15. The van der Waals surface area contributed by atoms with E-state index in [1.165, 1.54) is 0 Å². The van der Waals surface area contributed by atoms with Crippen LogP contribution in [-0.2, 0) is 28.1 Å². The summed E-state index contributed by atoms with van der Waals surface area (Å²) in [6, 6.07) is 44.3. The molecule has 0 aromatic heterocycles. The summed E-state index contributed by atoms with van der Waals surface area (Å²) in [7, 11) is -4.19. The summed E-state index contributed by atoms with van der Waals surface area (Å²) in [6.07, 6.45) is 0.589.